The molecule has 0 aliphatic carbocycles. The zero-order valence-corrected chi connectivity index (χ0v) is 8.73. The summed E-state index contributed by atoms with van der Waals surface area (Å²) in [5, 5.41) is 14.3. The summed E-state index contributed by atoms with van der Waals surface area (Å²) >= 11 is 0. The number of benzene rings is 1. The van der Waals surface area contributed by atoms with Crippen molar-refractivity contribution in [2.45, 2.75) is 19.0 Å². The average Bonchev–Trinajstić information content (AvgIpc) is 2.55. The van der Waals surface area contributed by atoms with E-state index in [1.165, 1.54) is 6.92 Å². The molecular formula is C11H12N2O3. The highest BCUT2D eigenvalue weighted by Crippen LogP contribution is 2.30. The van der Waals surface area contributed by atoms with E-state index in [0.717, 1.165) is 11.3 Å². The first-order chi connectivity index (χ1) is 7.59. The van der Waals surface area contributed by atoms with E-state index in [-0.39, 0.29) is 5.91 Å². The number of anilines is 1. The van der Waals surface area contributed by atoms with E-state index in [9.17, 15) is 9.59 Å². The topological polar surface area (TPSA) is 78.4 Å². The molecule has 5 heteroatoms. The fourth-order valence-electron chi connectivity index (χ4n) is 1.70. The minimum absolute atomic E-state index is 0.214. The average molecular weight is 220 g/mol. The Morgan fingerprint density at radius 1 is 1.50 bits per heavy atom. The van der Waals surface area contributed by atoms with Crippen LogP contribution in [0.15, 0.2) is 24.3 Å². The zero-order chi connectivity index (χ0) is 11.7. The minimum Gasteiger partial charge on any atom is -0.480 e. The Morgan fingerprint density at radius 3 is 2.88 bits per heavy atom. The van der Waals surface area contributed by atoms with Crippen molar-refractivity contribution in [1.29, 1.82) is 0 Å². The third-order valence-electron chi connectivity index (χ3n) is 2.58. The monoisotopic (exact) mass is 220 g/mol. The molecule has 1 heterocycles. The molecule has 1 aliphatic heterocycles. The molecule has 1 aliphatic rings. The van der Waals surface area contributed by atoms with Gasteiger partial charge in [-0.1, -0.05) is 18.2 Å². The van der Waals surface area contributed by atoms with Crippen LogP contribution in [0.1, 0.15) is 18.5 Å². The number of carboxylic acid groups (broad SMARTS) is 1. The number of fused-ring (bicyclic) bond motifs is 1. The van der Waals surface area contributed by atoms with Crippen molar-refractivity contribution < 1.29 is 14.7 Å². The highest BCUT2D eigenvalue weighted by atomic mass is 16.4. The highest BCUT2D eigenvalue weighted by Gasteiger charge is 2.32. The van der Waals surface area contributed by atoms with Crippen LogP contribution < -0.4 is 10.6 Å². The van der Waals surface area contributed by atoms with E-state index in [2.05, 4.69) is 10.6 Å². The molecule has 0 aromatic heterocycles. The van der Waals surface area contributed by atoms with Gasteiger partial charge in [-0.3, -0.25) is 14.9 Å². The van der Waals surface area contributed by atoms with E-state index in [4.69, 9.17) is 5.11 Å². The van der Waals surface area contributed by atoms with Crippen LogP contribution in [-0.2, 0) is 9.59 Å². The van der Waals surface area contributed by atoms with Crippen LogP contribution in [0.2, 0.25) is 0 Å². The van der Waals surface area contributed by atoms with Crippen LogP contribution in [0.3, 0.4) is 0 Å². The lowest BCUT2D eigenvalue weighted by Gasteiger charge is -2.14. The smallest absolute Gasteiger partial charge is 0.320 e. The Bertz CT molecular complexity index is 445. The number of carbonyl (C=O) groups is 2. The van der Waals surface area contributed by atoms with Gasteiger partial charge in [-0.2, -0.15) is 0 Å². The first-order valence-corrected chi connectivity index (χ1v) is 4.98. The molecule has 1 amide bonds. The lowest BCUT2D eigenvalue weighted by atomic mass is 10.1. The predicted octanol–water partition coefficient (Wildman–Crippen LogP) is 0.742. The van der Waals surface area contributed by atoms with Crippen molar-refractivity contribution >= 4 is 17.6 Å². The molecule has 1 unspecified atom stereocenters. The molecule has 1 aromatic rings. The molecule has 0 bridgehead atoms. The Morgan fingerprint density at radius 2 is 2.19 bits per heavy atom. The lowest BCUT2D eigenvalue weighted by Crippen LogP contribution is -2.39. The van der Waals surface area contributed by atoms with Crippen molar-refractivity contribution in [1.82, 2.24) is 5.32 Å². The van der Waals surface area contributed by atoms with Gasteiger partial charge in [0.05, 0.1) is 0 Å². The van der Waals surface area contributed by atoms with Crippen LogP contribution in [0.5, 0.6) is 0 Å². The SMILES string of the molecule is C[C@H](NC1C(=O)Nc2ccccc21)C(=O)O. The van der Waals surface area contributed by atoms with Gasteiger partial charge >= 0.3 is 5.97 Å². The summed E-state index contributed by atoms with van der Waals surface area (Å²) in [5.41, 5.74) is 1.53. The largest absolute Gasteiger partial charge is 0.480 e. The summed E-state index contributed by atoms with van der Waals surface area (Å²) in [4.78, 5) is 22.3. The van der Waals surface area contributed by atoms with E-state index in [0.29, 0.717) is 0 Å². The second-order valence-electron chi connectivity index (χ2n) is 3.74. The zero-order valence-electron chi connectivity index (χ0n) is 8.73. The molecule has 84 valence electrons. The summed E-state index contributed by atoms with van der Waals surface area (Å²) in [5.74, 6) is -1.19. The van der Waals surface area contributed by atoms with Gasteiger partial charge in [-0.05, 0) is 13.0 Å². The van der Waals surface area contributed by atoms with E-state index >= 15 is 0 Å². The van der Waals surface area contributed by atoms with Gasteiger partial charge in [0, 0.05) is 11.3 Å². The quantitative estimate of drug-likeness (QED) is 0.702. The molecule has 5 nitrogen and oxygen atoms in total. The fourth-order valence-corrected chi connectivity index (χ4v) is 1.70. The Hall–Kier alpha value is -1.88. The van der Waals surface area contributed by atoms with Crippen molar-refractivity contribution in [2.75, 3.05) is 5.32 Å². The maximum absolute atomic E-state index is 11.6. The summed E-state index contributed by atoms with van der Waals surface area (Å²) in [6.45, 7) is 1.51. The summed E-state index contributed by atoms with van der Waals surface area (Å²) in [6, 6.07) is 5.89. The molecule has 0 radical (unpaired) electrons. The van der Waals surface area contributed by atoms with Gasteiger partial charge in [-0.15, -0.1) is 0 Å². The number of para-hydroxylation sites is 1. The van der Waals surface area contributed by atoms with Crippen LogP contribution in [-0.4, -0.2) is 23.0 Å². The molecule has 3 N–H and O–H groups in total. The molecule has 0 saturated heterocycles. The van der Waals surface area contributed by atoms with E-state index < -0.39 is 18.1 Å². The van der Waals surface area contributed by atoms with Crippen LogP contribution in [0.25, 0.3) is 0 Å². The standard InChI is InChI=1S/C11H12N2O3/c1-6(11(15)16)12-9-7-4-2-3-5-8(7)13-10(9)14/h2-6,9,12H,1H3,(H,13,14)(H,15,16)/t6-,9?/m0/s1. The van der Waals surface area contributed by atoms with Gasteiger partial charge in [0.15, 0.2) is 0 Å². The maximum atomic E-state index is 11.6. The van der Waals surface area contributed by atoms with Gasteiger partial charge in [-0.25, -0.2) is 0 Å². The molecule has 0 saturated carbocycles. The predicted molar refractivity (Wildman–Crippen MR) is 58.0 cm³/mol. The van der Waals surface area contributed by atoms with Crippen molar-refractivity contribution in [3.63, 3.8) is 0 Å². The Balaban J connectivity index is 2.22. The van der Waals surface area contributed by atoms with Crippen molar-refractivity contribution in [3.05, 3.63) is 29.8 Å². The number of carboxylic acids is 1. The van der Waals surface area contributed by atoms with E-state index in [1.54, 1.807) is 12.1 Å². The number of aliphatic carboxylic acids is 1. The third-order valence-corrected chi connectivity index (χ3v) is 2.58. The van der Waals surface area contributed by atoms with Gasteiger partial charge in [0.1, 0.15) is 12.1 Å². The third kappa shape index (κ3) is 1.77. The summed E-state index contributed by atoms with van der Waals surface area (Å²) < 4.78 is 0. The van der Waals surface area contributed by atoms with Crippen molar-refractivity contribution in [3.8, 4) is 0 Å². The van der Waals surface area contributed by atoms with Crippen LogP contribution in [0, 0.1) is 0 Å². The number of hydrogen-bond acceptors (Lipinski definition) is 3. The second kappa shape index (κ2) is 3.94. The van der Waals surface area contributed by atoms with Gasteiger partial charge in [0.25, 0.3) is 0 Å². The fraction of sp³-hybridized carbons (Fsp3) is 0.273. The lowest BCUT2D eigenvalue weighted by molar-refractivity contribution is -0.139. The van der Waals surface area contributed by atoms with Crippen LogP contribution >= 0.6 is 0 Å². The second-order valence-corrected chi connectivity index (χ2v) is 3.74. The minimum atomic E-state index is -0.975. The maximum Gasteiger partial charge on any atom is 0.320 e. The summed E-state index contributed by atoms with van der Waals surface area (Å²) in [6.07, 6.45) is 0. The first kappa shape index (κ1) is 10.6. The van der Waals surface area contributed by atoms with Gasteiger partial charge < -0.3 is 10.4 Å². The van der Waals surface area contributed by atoms with Crippen molar-refractivity contribution in [2.24, 2.45) is 0 Å². The number of hydrogen-bond donors (Lipinski definition) is 3. The number of rotatable bonds is 3. The molecular weight excluding hydrogens is 208 g/mol. The molecule has 2 atom stereocenters. The molecule has 0 spiro atoms. The molecule has 2 rings (SSSR count). The summed E-state index contributed by atoms with van der Waals surface area (Å²) in [7, 11) is 0. The van der Waals surface area contributed by atoms with Gasteiger partial charge in [0.2, 0.25) is 5.91 Å². The number of nitrogens with one attached hydrogen (secondary N) is 2. The molecule has 0 fully saturated rings. The number of amides is 1. The van der Waals surface area contributed by atoms with Crippen LogP contribution in [0.4, 0.5) is 5.69 Å². The number of carbonyl (C=O) groups excluding carboxylic acids is 1. The molecule has 1 aromatic carbocycles. The Labute approximate surface area is 92.5 Å². The highest BCUT2D eigenvalue weighted by molar-refractivity contribution is 6.02. The Kier molecular flexibility index (Phi) is 2.62. The van der Waals surface area contributed by atoms with E-state index in [1.807, 2.05) is 12.1 Å². The normalized spacial score (nSPS) is 20.1. The first-order valence-electron chi connectivity index (χ1n) is 4.98. The molecule has 16 heavy (non-hydrogen) atoms.